The van der Waals surface area contributed by atoms with Crippen LogP contribution in [0.4, 0.5) is 0 Å². The topological polar surface area (TPSA) is 793 Å². The number of nitrogens with one attached hydrogen (secondary N) is 13. The third kappa shape index (κ3) is 37.4. The Morgan fingerprint density at radius 2 is 0.792 bits per heavy atom. The van der Waals surface area contributed by atoms with E-state index in [4.69, 9.17) is 28.7 Å². The van der Waals surface area contributed by atoms with Gasteiger partial charge in [-0.25, -0.2) is 4.79 Å². The first-order chi connectivity index (χ1) is 61.0. The molecular formula is C82H132N20O28. The monoisotopic (exact) mass is 1840 g/mol. The number of carboxylic acid groups (broad SMARTS) is 4. The molecule has 0 radical (unpaired) electrons. The van der Waals surface area contributed by atoms with Crippen molar-refractivity contribution in [3.63, 3.8) is 0 Å². The Kier molecular flexibility index (Phi) is 47.8. The summed E-state index contributed by atoms with van der Waals surface area (Å²) in [5.74, 6) is -27.5. The Bertz CT molecular complexity index is 4120. The van der Waals surface area contributed by atoms with Crippen LogP contribution in [0.3, 0.4) is 0 Å². The molecule has 0 unspecified atom stereocenters. The van der Waals surface area contributed by atoms with Crippen LogP contribution in [0.25, 0.3) is 0 Å². The molecule has 728 valence electrons. The van der Waals surface area contributed by atoms with Crippen LogP contribution < -0.4 is 97.8 Å². The molecule has 0 aliphatic carbocycles. The summed E-state index contributed by atoms with van der Waals surface area (Å²) < 4.78 is 0. The van der Waals surface area contributed by atoms with E-state index in [9.17, 15) is 136 Å². The molecule has 17 amide bonds. The Hall–Kier alpha value is -12.3. The van der Waals surface area contributed by atoms with Gasteiger partial charge < -0.3 is 143 Å². The minimum absolute atomic E-state index is 0.0254. The molecule has 2 heterocycles. The molecule has 18 atom stereocenters. The van der Waals surface area contributed by atoms with Crippen molar-refractivity contribution in [1.82, 2.24) is 78.9 Å². The number of carboxylic acids is 4. The smallest absolute Gasteiger partial charge is 0.326 e. The lowest BCUT2D eigenvalue weighted by molar-refractivity contribution is -0.146. The Balaban J connectivity index is 1.93. The molecule has 2 fully saturated rings. The molecule has 0 aromatic heterocycles. The zero-order valence-corrected chi connectivity index (χ0v) is 74.6. The van der Waals surface area contributed by atoms with Gasteiger partial charge in [0.25, 0.3) is 0 Å². The SMILES string of the molecule is CC[C@H](C)[C@H](NC(=O)[C@H](CC(N)=O)NC(=O)[C@H](CC(=O)O)NC(=O)[C@@H]1CCCN1C(=O)[C@H](CCCCN)NC(=O)[C@H](CO)NC(=O)[C@H](CCC(=O)O)NC(=O)[C@H](CCC(=O)O)NC(=O)[C@H](CCCCN)NC(=O)[C@H](CC(N)=O)NC(=O)[C@@H](N)C(C)C)C(=O)N[C@H](C(=O)N[C@@H](Cc1ccc(O)cc1)C(=O)N[C@H](C(=O)N1CCC[C@H]1C(=O)N[C@@H](CC(C)C)C(=O)O)[C@@H](C)O)C(C)C. The van der Waals surface area contributed by atoms with Gasteiger partial charge >= 0.3 is 23.9 Å². The number of phenolic OH excluding ortho intramolecular Hbond substituents is 1. The molecule has 0 spiro atoms. The van der Waals surface area contributed by atoms with Crippen molar-refractivity contribution in [3.8, 4) is 5.75 Å². The number of rotatable bonds is 59. The minimum atomic E-state index is -2.13. The van der Waals surface area contributed by atoms with Gasteiger partial charge in [-0.2, -0.15) is 0 Å². The first kappa shape index (κ1) is 112. The first-order valence-electron chi connectivity index (χ1n) is 43.2. The lowest BCUT2D eigenvalue weighted by Gasteiger charge is -2.32. The quantitative estimate of drug-likeness (QED) is 0.0269. The number of hydrogen-bond donors (Lipinski definition) is 25. The minimum Gasteiger partial charge on any atom is -0.508 e. The van der Waals surface area contributed by atoms with Crippen LogP contribution in [-0.2, 0) is 107 Å². The number of carbonyl (C=O) groups excluding carboxylic acids is 17. The van der Waals surface area contributed by atoms with Crippen molar-refractivity contribution < 1.29 is 136 Å². The second-order valence-corrected chi connectivity index (χ2v) is 33.5. The first-order valence-corrected chi connectivity index (χ1v) is 43.2. The number of nitrogens with zero attached hydrogens (tertiary/aromatic N) is 2. The number of aliphatic carboxylic acids is 4. The maximum atomic E-state index is 14.8. The predicted octanol–water partition coefficient (Wildman–Crippen LogP) is -7.38. The van der Waals surface area contributed by atoms with Gasteiger partial charge in [-0.15, -0.1) is 0 Å². The highest BCUT2D eigenvalue weighted by Crippen LogP contribution is 2.24. The molecule has 0 bridgehead atoms. The van der Waals surface area contributed by atoms with E-state index in [1.54, 1.807) is 34.6 Å². The molecular weight excluding hydrogens is 1710 g/mol. The van der Waals surface area contributed by atoms with Crippen LogP contribution in [0, 0.1) is 23.7 Å². The van der Waals surface area contributed by atoms with Crippen LogP contribution in [0.5, 0.6) is 5.75 Å². The maximum absolute atomic E-state index is 14.8. The van der Waals surface area contributed by atoms with E-state index in [1.165, 1.54) is 52.0 Å². The molecule has 48 heteroatoms. The van der Waals surface area contributed by atoms with Gasteiger partial charge in [-0.05, 0) is 145 Å². The number of likely N-dealkylation sites (tertiary alicyclic amines) is 2. The van der Waals surface area contributed by atoms with Gasteiger partial charge in [0.15, 0.2) is 0 Å². The van der Waals surface area contributed by atoms with Gasteiger partial charge in [0.05, 0.1) is 38.0 Å². The zero-order chi connectivity index (χ0) is 98.3. The van der Waals surface area contributed by atoms with Crippen LogP contribution in [-0.4, -0.2) is 305 Å². The fraction of sp³-hybridized carbons (Fsp3) is 0.671. The van der Waals surface area contributed by atoms with Gasteiger partial charge in [0.1, 0.15) is 96.4 Å². The number of nitrogens with two attached hydrogens (primary N) is 5. The van der Waals surface area contributed by atoms with E-state index in [2.05, 4.69) is 69.1 Å². The predicted molar refractivity (Wildman–Crippen MR) is 459 cm³/mol. The molecule has 130 heavy (non-hydrogen) atoms. The number of aliphatic hydroxyl groups excluding tert-OH is 2. The Labute approximate surface area is 750 Å². The highest BCUT2D eigenvalue weighted by Gasteiger charge is 2.45. The summed E-state index contributed by atoms with van der Waals surface area (Å²) in [5.41, 5.74) is 28.7. The van der Waals surface area contributed by atoms with E-state index in [1.807, 2.05) is 0 Å². The van der Waals surface area contributed by atoms with E-state index < -0.39 is 296 Å². The van der Waals surface area contributed by atoms with Crippen molar-refractivity contribution in [2.75, 3.05) is 32.8 Å². The van der Waals surface area contributed by atoms with E-state index in [-0.39, 0.29) is 121 Å². The summed E-state index contributed by atoms with van der Waals surface area (Å²) in [6, 6.07) is -21.4. The number of primary amides is 2. The number of benzene rings is 1. The maximum Gasteiger partial charge on any atom is 0.326 e. The molecule has 1 aromatic rings. The lowest BCUT2D eigenvalue weighted by atomic mass is 9.95. The van der Waals surface area contributed by atoms with Crippen LogP contribution >= 0.6 is 0 Å². The number of unbranched alkanes of at least 4 members (excludes halogenated alkanes) is 2. The number of phenols is 1. The normalized spacial score (nSPS) is 17.3. The molecule has 30 N–H and O–H groups in total. The number of aromatic hydroxyl groups is 1. The van der Waals surface area contributed by atoms with E-state index in [0.717, 1.165) is 9.80 Å². The summed E-state index contributed by atoms with van der Waals surface area (Å²) in [6.45, 7) is 12.7. The Morgan fingerprint density at radius 1 is 0.415 bits per heavy atom. The van der Waals surface area contributed by atoms with Crippen molar-refractivity contribution in [2.24, 2.45) is 52.3 Å². The number of carbonyl (C=O) groups is 21. The third-order valence-corrected chi connectivity index (χ3v) is 21.7. The molecule has 0 saturated carbocycles. The summed E-state index contributed by atoms with van der Waals surface area (Å²) in [4.78, 5) is 288. The number of hydrogen-bond acceptors (Lipinski definition) is 27. The standard InChI is InChI=1S/C82H132N20O28/c1-10-42(8)65(79(126)98-64(41(6)7)78(125)95-50(34-44-21-23-45(105)24-22-44)72(119)100-66(43(9)104)81(128)102-32-16-20-57(102)76(123)96-54(82(129)130)33-39(2)3)99-73(120)52(36-59(86)107)92-71(118)53(37-62(112)113)93-75(122)56-19-15-31-101(56)80(127)49(18-12-14-30-84)91-74(121)55(38-103)97-69(116)48(26-28-61(110)111)90-68(115)47(25-27-60(108)109)89-67(114)46(17-11-13-29-83)88-70(117)51(35-58(85)106)94-77(124)63(87)40(4)5/h21-24,39-43,46-57,63-66,103-105H,10-20,25-38,83-84,87H2,1-9H3,(H2,85,106)(H2,86,107)(H,88,117)(H,89,114)(H,90,115)(H,91,121)(H,92,118)(H,93,122)(H,94,124)(H,95,125)(H,96,123)(H,97,116)(H,98,126)(H,99,120)(H,100,119)(H,108,109)(H,110,111)(H,112,113)(H,129,130)/t42-,43+,46-,47-,48-,49-,50-,51-,52-,53-,54-,55-,56-,57-,63-,64-,65-,66-/m0/s1. The summed E-state index contributed by atoms with van der Waals surface area (Å²) >= 11 is 0. The van der Waals surface area contributed by atoms with Crippen LogP contribution in [0.15, 0.2) is 24.3 Å². The lowest BCUT2D eigenvalue weighted by Crippen LogP contribution is -2.63. The second kappa shape index (κ2) is 55.5. The second-order valence-electron chi connectivity index (χ2n) is 33.5. The van der Waals surface area contributed by atoms with Gasteiger partial charge in [0.2, 0.25) is 100 Å². The van der Waals surface area contributed by atoms with E-state index >= 15 is 0 Å². The summed E-state index contributed by atoms with van der Waals surface area (Å²) in [6.07, 6.45) is -7.41. The van der Waals surface area contributed by atoms with Crippen molar-refractivity contribution in [2.45, 2.75) is 294 Å². The third-order valence-electron chi connectivity index (χ3n) is 21.7. The van der Waals surface area contributed by atoms with Crippen molar-refractivity contribution in [3.05, 3.63) is 29.8 Å². The average Bonchev–Trinajstić information content (AvgIpc) is 1.66. The van der Waals surface area contributed by atoms with E-state index in [0.29, 0.717) is 5.56 Å². The molecule has 2 saturated heterocycles. The highest BCUT2D eigenvalue weighted by atomic mass is 16.4. The molecule has 48 nitrogen and oxygen atoms in total. The average molecular weight is 1850 g/mol. The zero-order valence-electron chi connectivity index (χ0n) is 74.6. The van der Waals surface area contributed by atoms with Gasteiger partial charge in [0, 0.05) is 32.4 Å². The van der Waals surface area contributed by atoms with Gasteiger partial charge in [-0.3, -0.25) is 95.9 Å². The molecule has 3 rings (SSSR count). The van der Waals surface area contributed by atoms with Gasteiger partial charge in [-0.1, -0.05) is 73.9 Å². The van der Waals surface area contributed by atoms with Crippen molar-refractivity contribution in [1.29, 1.82) is 0 Å². The summed E-state index contributed by atoms with van der Waals surface area (Å²) in [5, 5.41) is 102. The Morgan fingerprint density at radius 3 is 1.22 bits per heavy atom. The molecule has 1 aromatic carbocycles. The van der Waals surface area contributed by atoms with Crippen molar-refractivity contribution >= 4 is 124 Å². The molecule has 2 aliphatic rings. The number of aliphatic hydroxyl groups is 2. The van der Waals surface area contributed by atoms with Crippen LogP contribution in [0.1, 0.15) is 190 Å². The highest BCUT2D eigenvalue weighted by molar-refractivity contribution is 6.03. The largest absolute Gasteiger partial charge is 0.508 e. The number of amides is 17. The fourth-order valence-corrected chi connectivity index (χ4v) is 14.1. The molecule has 2 aliphatic heterocycles. The summed E-state index contributed by atoms with van der Waals surface area (Å²) in [7, 11) is 0. The fourth-order valence-electron chi connectivity index (χ4n) is 14.1. The van der Waals surface area contributed by atoms with Crippen LogP contribution in [0.2, 0.25) is 0 Å².